The Labute approximate surface area is 87.2 Å². The minimum atomic E-state index is 0.742. The summed E-state index contributed by atoms with van der Waals surface area (Å²) in [6, 6.07) is 4.19. The van der Waals surface area contributed by atoms with E-state index in [1.165, 1.54) is 9.75 Å². The molecule has 0 unspecified atom stereocenters. The zero-order chi connectivity index (χ0) is 10.3. The highest BCUT2D eigenvalue weighted by molar-refractivity contribution is 7.15. The van der Waals surface area contributed by atoms with Gasteiger partial charge in [-0.15, -0.1) is 11.3 Å². The first-order chi connectivity index (χ1) is 6.59. The van der Waals surface area contributed by atoms with Crippen molar-refractivity contribution in [2.75, 3.05) is 5.73 Å². The van der Waals surface area contributed by atoms with Crippen LogP contribution >= 0.6 is 11.3 Å². The molecule has 2 aromatic rings. The zero-order valence-electron chi connectivity index (χ0n) is 8.53. The Hall–Kier alpha value is -1.29. The van der Waals surface area contributed by atoms with E-state index in [-0.39, 0.29) is 0 Å². The van der Waals surface area contributed by atoms with Crippen molar-refractivity contribution in [2.24, 2.45) is 7.05 Å². The summed E-state index contributed by atoms with van der Waals surface area (Å²) in [4.78, 5) is 2.48. The van der Waals surface area contributed by atoms with Crippen molar-refractivity contribution >= 4 is 17.2 Å². The van der Waals surface area contributed by atoms with Crippen molar-refractivity contribution in [3.8, 4) is 10.6 Å². The summed E-state index contributed by atoms with van der Waals surface area (Å²) >= 11 is 1.75. The molecule has 2 N–H and O–H groups in total. The standard InChI is InChI=1S/C10H13N3S/c1-6-4-5-8(14-6)9-7(2)10(11)13(3)12-9/h4-5H,11H2,1-3H3. The van der Waals surface area contributed by atoms with Crippen LogP contribution in [0.5, 0.6) is 0 Å². The van der Waals surface area contributed by atoms with Crippen LogP contribution < -0.4 is 5.73 Å². The summed E-state index contributed by atoms with van der Waals surface area (Å²) < 4.78 is 1.72. The fourth-order valence-corrected chi connectivity index (χ4v) is 2.35. The van der Waals surface area contributed by atoms with Crippen LogP contribution in [0.3, 0.4) is 0 Å². The molecule has 14 heavy (non-hydrogen) atoms. The van der Waals surface area contributed by atoms with Crippen molar-refractivity contribution < 1.29 is 0 Å². The van der Waals surface area contributed by atoms with Crippen LogP contribution in [0.15, 0.2) is 12.1 Å². The molecule has 0 amide bonds. The lowest BCUT2D eigenvalue weighted by Crippen LogP contribution is -1.97. The molecule has 0 saturated heterocycles. The van der Waals surface area contributed by atoms with Crippen molar-refractivity contribution in [1.29, 1.82) is 0 Å². The van der Waals surface area contributed by atoms with Gasteiger partial charge in [-0.1, -0.05) is 0 Å². The van der Waals surface area contributed by atoms with Gasteiger partial charge in [0.1, 0.15) is 11.5 Å². The van der Waals surface area contributed by atoms with E-state index in [1.807, 2.05) is 14.0 Å². The largest absolute Gasteiger partial charge is 0.384 e. The average Bonchev–Trinajstić information content (AvgIpc) is 2.66. The maximum absolute atomic E-state index is 5.85. The number of anilines is 1. The fourth-order valence-electron chi connectivity index (χ4n) is 1.44. The van der Waals surface area contributed by atoms with Gasteiger partial charge in [0.25, 0.3) is 0 Å². The zero-order valence-corrected chi connectivity index (χ0v) is 9.35. The normalized spacial score (nSPS) is 10.8. The second-order valence-electron chi connectivity index (χ2n) is 3.39. The Morgan fingerprint density at radius 2 is 2.07 bits per heavy atom. The molecule has 4 heteroatoms. The number of aromatic nitrogens is 2. The molecule has 0 aromatic carbocycles. The molecule has 2 heterocycles. The molecule has 3 nitrogen and oxygen atoms in total. The van der Waals surface area contributed by atoms with Crippen LogP contribution in [-0.4, -0.2) is 9.78 Å². The highest BCUT2D eigenvalue weighted by Crippen LogP contribution is 2.31. The second kappa shape index (κ2) is 3.13. The molecule has 0 fully saturated rings. The third-order valence-corrected chi connectivity index (χ3v) is 3.32. The first kappa shape index (κ1) is 9.27. The molecule has 2 rings (SSSR count). The first-order valence-electron chi connectivity index (χ1n) is 4.45. The van der Waals surface area contributed by atoms with Gasteiger partial charge in [0.15, 0.2) is 0 Å². The Balaban J connectivity index is 2.57. The van der Waals surface area contributed by atoms with E-state index in [9.17, 15) is 0 Å². The summed E-state index contributed by atoms with van der Waals surface area (Å²) in [5, 5.41) is 4.40. The molecule has 0 spiro atoms. The summed E-state index contributed by atoms with van der Waals surface area (Å²) in [5.41, 5.74) is 7.92. The van der Waals surface area contributed by atoms with Gasteiger partial charge in [-0.3, -0.25) is 4.68 Å². The number of nitrogen functional groups attached to an aromatic ring is 1. The van der Waals surface area contributed by atoms with E-state index in [2.05, 4.69) is 24.2 Å². The molecule has 0 aliphatic heterocycles. The van der Waals surface area contributed by atoms with Crippen LogP contribution in [0, 0.1) is 13.8 Å². The maximum Gasteiger partial charge on any atom is 0.124 e. The molecule has 0 saturated carbocycles. The second-order valence-corrected chi connectivity index (χ2v) is 4.68. The maximum atomic E-state index is 5.85. The smallest absolute Gasteiger partial charge is 0.124 e. The summed E-state index contributed by atoms with van der Waals surface area (Å²) in [7, 11) is 1.87. The molecule has 74 valence electrons. The van der Waals surface area contributed by atoms with Crippen LogP contribution in [-0.2, 0) is 7.05 Å². The number of nitrogens with zero attached hydrogens (tertiary/aromatic N) is 2. The minimum absolute atomic E-state index is 0.742. The Kier molecular flexibility index (Phi) is 2.07. The van der Waals surface area contributed by atoms with Crippen LogP contribution in [0.25, 0.3) is 10.6 Å². The van der Waals surface area contributed by atoms with Gasteiger partial charge < -0.3 is 5.73 Å². The predicted octanol–water partition coefficient (Wildman–Crippen LogP) is 2.35. The number of rotatable bonds is 1. The van der Waals surface area contributed by atoms with Crippen LogP contribution in [0.1, 0.15) is 10.4 Å². The number of nitrogens with two attached hydrogens (primary N) is 1. The van der Waals surface area contributed by atoms with E-state index in [0.717, 1.165) is 17.1 Å². The number of hydrogen-bond donors (Lipinski definition) is 1. The monoisotopic (exact) mass is 207 g/mol. The van der Waals surface area contributed by atoms with Gasteiger partial charge in [-0.05, 0) is 26.0 Å². The van der Waals surface area contributed by atoms with E-state index >= 15 is 0 Å². The Bertz CT molecular complexity index is 468. The molecule has 0 radical (unpaired) electrons. The van der Waals surface area contributed by atoms with E-state index in [4.69, 9.17) is 5.73 Å². The Morgan fingerprint density at radius 1 is 1.36 bits per heavy atom. The lowest BCUT2D eigenvalue weighted by Gasteiger charge is -1.92. The summed E-state index contributed by atoms with van der Waals surface area (Å²) in [6.45, 7) is 4.10. The molecular weight excluding hydrogens is 194 g/mol. The fraction of sp³-hybridized carbons (Fsp3) is 0.300. The van der Waals surface area contributed by atoms with Crippen molar-refractivity contribution in [3.05, 3.63) is 22.6 Å². The summed E-state index contributed by atoms with van der Waals surface area (Å²) in [6.07, 6.45) is 0. The number of thiophene rings is 1. The van der Waals surface area contributed by atoms with E-state index in [1.54, 1.807) is 16.0 Å². The van der Waals surface area contributed by atoms with Crippen LogP contribution in [0.4, 0.5) is 5.82 Å². The van der Waals surface area contributed by atoms with Crippen molar-refractivity contribution in [1.82, 2.24) is 9.78 Å². The molecule has 0 aliphatic carbocycles. The highest BCUT2D eigenvalue weighted by Gasteiger charge is 2.12. The van der Waals surface area contributed by atoms with Gasteiger partial charge in [0.05, 0.1) is 4.88 Å². The summed E-state index contributed by atoms with van der Waals surface area (Å²) in [5.74, 6) is 0.742. The quantitative estimate of drug-likeness (QED) is 0.780. The molecule has 0 bridgehead atoms. The Morgan fingerprint density at radius 3 is 2.50 bits per heavy atom. The average molecular weight is 207 g/mol. The lowest BCUT2D eigenvalue weighted by molar-refractivity contribution is 0.782. The van der Waals surface area contributed by atoms with E-state index in [0.29, 0.717) is 0 Å². The number of hydrogen-bond acceptors (Lipinski definition) is 3. The van der Waals surface area contributed by atoms with Crippen LogP contribution in [0.2, 0.25) is 0 Å². The van der Waals surface area contributed by atoms with Gasteiger partial charge >= 0.3 is 0 Å². The lowest BCUT2D eigenvalue weighted by atomic mass is 10.2. The third-order valence-electron chi connectivity index (χ3n) is 2.31. The molecule has 2 aromatic heterocycles. The predicted molar refractivity (Wildman–Crippen MR) is 60.4 cm³/mol. The van der Waals surface area contributed by atoms with Crippen molar-refractivity contribution in [3.63, 3.8) is 0 Å². The van der Waals surface area contributed by atoms with Gasteiger partial charge in [-0.2, -0.15) is 5.10 Å². The van der Waals surface area contributed by atoms with E-state index < -0.39 is 0 Å². The highest BCUT2D eigenvalue weighted by atomic mass is 32.1. The molecule has 0 atom stereocenters. The SMILES string of the molecule is Cc1ccc(-c2nn(C)c(N)c2C)s1. The third kappa shape index (κ3) is 1.32. The molecular formula is C10H13N3S. The molecule has 0 aliphatic rings. The van der Waals surface area contributed by atoms with Gasteiger partial charge in [0, 0.05) is 17.5 Å². The first-order valence-corrected chi connectivity index (χ1v) is 5.27. The van der Waals surface area contributed by atoms with Crippen molar-refractivity contribution in [2.45, 2.75) is 13.8 Å². The minimum Gasteiger partial charge on any atom is -0.384 e. The topological polar surface area (TPSA) is 43.8 Å². The van der Waals surface area contributed by atoms with Gasteiger partial charge in [-0.25, -0.2) is 0 Å². The van der Waals surface area contributed by atoms with Gasteiger partial charge in [0.2, 0.25) is 0 Å². The number of aryl methyl sites for hydroxylation is 2.